The number of para-hydroxylation sites is 1. The van der Waals surface area contributed by atoms with Crippen LogP contribution in [0.15, 0.2) is 51.7 Å². The molecule has 0 fully saturated rings. The van der Waals surface area contributed by atoms with Gasteiger partial charge in [0.15, 0.2) is 5.58 Å². The van der Waals surface area contributed by atoms with Crippen LogP contribution in [0.3, 0.4) is 0 Å². The van der Waals surface area contributed by atoms with Gasteiger partial charge in [-0.25, -0.2) is 13.6 Å². The first kappa shape index (κ1) is 22.1. The molecule has 2 aromatic heterocycles. The van der Waals surface area contributed by atoms with Crippen molar-refractivity contribution in [2.75, 3.05) is 6.54 Å². The number of rotatable bonds is 7. The van der Waals surface area contributed by atoms with Gasteiger partial charge in [0.1, 0.15) is 11.4 Å². The lowest BCUT2D eigenvalue weighted by molar-refractivity contribution is -0.0148. The molecule has 2 aromatic carbocycles. The molecule has 0 bridgehead atoms. The predicted octanol–water partition coefficient (Wildman–Crippen LogP) is 5.05. The van der Waals surface area contributed by atoms with Crippen molar-refractivity contribution in [1.82, 2.24) is 20.1 Å². The van der Waals surface area contributed by atoms with Gasteiger partial charge in [0.05, 0.1) is 18.1 Å². The van der Waals surface area contributed by atoms with E-state index in [0.717, 1.165) is 37.3 Å². The molecule has 3 heterocycles. The molecule has 9 heteroatoms. The Labute approximate surface area is 193 Å². The third kappa shape index (κ3) is 3.81. The number of aromatic nitrogens is 3. The normalized spacial score (nSPS) is 15.9. The number of unbranched alkanes of at least 4 members (excludes halogenated alkanes) is 1. The molecule has 176 valence electrons. The first-order chi connectivity index (χ1) is 16.3. The van der Waals surface area contributed by atoms with Crippen LogP contribution in [0.2, 0.25) is 0 Å². The third-order valence-corrected chi connectivity index (χ3v) is 6.10. The molecule has 5 rings (SSSR count). The van der Waals surface area contributed by atoms with Crippen LogP contribution in [0.5, 0.6) is 0 Å². The van der Waals surface area contributed by atoms with Crippen molar-refractivity contribution >= 4 is 17.0 Å². The summed E-state index contributed by atoms with van der Waals surface area (Å²) in [6, 6.07) is 12.1. The lowest BCUT2D eigenvalue weighted by Crippen LogP contribution is -2.38. The van der Waals surface area contributed by atoms with Gasteiger partial charge >= 0.3 is 5.76 Å². The van der Waals surface area contributed by atoms with Gasteiger partial charge in [0, 0.05) is 18.1 Å². The summed E-state index contributed by atoms with van der Waals surface area (Å²) >= 11 is 0. The lowest BCUT2D eigenvalue weighted by Gasteiger charge is -2.29. The van der Waals surface area contributed by atoms with Gasteiger partial charge in [-0.1, -0.05) is 43.7 Å². The maximum atomic E-state index is 14.2. The number of hydrogen-bond acceptors (Lipinski definition) is 4. The quantitative estimate of drug-likeness (QED) is 0.398. The van der Waals surface area contributed by atoms with Crippen molar-refractivity contribution in [3.8, 4) is 11.3 Å². The van der Waals surface area contributed by atoms with Crippen LogP contribution in [0, 0.1) is 0 Å². The maximum absolute atomic E-state index is 14.2. The van der Waals surface area contributed by atoms with Gasteiger partial charge in [-0.2, -0.15) is 5.10 Å². The Kier molecular flexibility index (Phi) is 5.34. The first-order valence-corrected chi connectivity index (χ1v) is 11.2. The van der Waals surface area contributed by atoms with E-state index in [-0.39, 0.29) is 5.69 Å². The number of carbonyl (C=O) groups excluding carboxylic acids is 1. The summed E-state index contributed by atoms with van der Waals surface area (Å²) in [5.41, 5.74) is 4.14. The highest BCUT2D eigenvalue weighted by Crippen LogP contribution is 2.44. The van der Waals surface area contributed by atoms with E-state index in [1.165, 1.54) is 4.90 Å². The highest BCUT2D eigenvalue weighted by Gasteiger charge is 2.45. The van der Waals surface area contributed by atoms with Crippen LogP contribution in [0.25, 0.3) is 22.4 Å². The number of aromatic amines is 2. The minimum atomic E-state index is -3.09. The Morgan fingerprint density at radius 2 is 1.97 bits per heavy atom. The van der Waals surface area contributed by atoms with E-state index in [9.17, 15) is 18.4 Å². The Morgan fingerprint density at radius 3 is 2.74 bits per heavy atom. The van der Waals surface area contributed by atoms with Crippen LogP contribution in [-0.4, -0.2) is 38.5 Å². The second-order valence-electron chi connectivity index (χ2n) is 8.81. The van der Waals surface area contributed by atoms with Crippen LogP contribution < -0.4 is 5.76 Å². The van der Waals surface area contributed by atoms with E-state index < -0.39 is 30.2 Å². The van der Waals surface area contributed by atoms with Gasteiger partial charge < -0.3 is 9.32 Å². The van der Waals surface area contributed by atoms with Gasteiger partial charge in [-0.05, 0) is 36.1 Å². The van der Waals surface area contributed by atoms with Crippen molar-refractivity contribution < 1.29 is 18.0 Å². The number of H-pyrrole nitrogens is 2. The molecule has 1 aliphatic heterocycles. The molecule has 1 atom stereocenters. The van der Waals surface area contributed by atoms with E-state index in [0.29, 0.717) is 27.9 Å². The summed E-state index contributed by atoms with van der Waals surface area (Å²) in [5, 5.41) is 7.11. The molecule has 0 aliphatic carbocycles. The van der Waals surface area contributed by atoms with Gasteiger partial charge in [-0.3, -0.25) is 14.9 Å². The van der Waals surface area contributed by atoms with E-state index in [1.54, 1.807) is 18.2 Å². The minimum absolute atomic E-state index is 0.165. The molecule has 0 radical (unpaired) electrons. The zero-order valence-corrected chi connectivity index (χ0v) is 18.8. The number of nitrogens with one attached hydrogen (secondary N) is 2. The van der Waals surface area contributed by atoms with Crippen LogP contribution >= 0.6 is 0 Å². The molecular formula is C25H24F2N4O3. The number of benzene rings is 2. The van der Waals surface area contributed by atoms with E-state index in [4.69, 9.17) is 4.42 Å². The summed E-state index contributed by atoms with van der Waals surface area (Å²) in [6.07, 6.45) is 2.89. The zero-order valence-electron chi connectivity index (χ0n) is 18.8. The largest absolute Gasteiger partial charge is 0.417 e. The number of nitrogens with zero attached hydrogens (tertiary/aromatic N) is 2. The van der Waals surface area contributed by atoms with Gasteiger partial charge in [0.2, 0.25) is 0 Å². The number of halogens is 2. The molecule has 7 nitrogen and oxygen atoms in total. The minimum Gasteiger partial charge on any atom is -0.407 e. The van der Waals surface area contributed by atoms with E-state index >= 15 is 0 Å². The number of alkyl halides is 2. The number of oxazole rings is 1. The van der Waals surface area contributed by atoms with Crippen molar-refractivity contribution in [2.24, 2.45) is 0 Å². The number of fused-ring (bicyclic) bond motifs is 2. The van der Waals surface area contributed by atoms with Gasteiger partial charge in [0.25, 0.3) is 11.8 Å². The second-order valence-corrected chi connectivity index (χ2v) is 8.81. The Balaban J connectivity index is 1.69. The third-order valence-electron chi connectivity index (χ3n) is 6.10. The highest BCUT2D eigenvalue weighted by molar-refractivity contribution is 6.01. The fraction of sp³-hybridized carbons (Fsp3) is 0.320. The average Bonchev–Trinajstić information content (AvgIpc) is 3.45. The number of hydrogen-bond donors (Lipinski definition) is 2. The molecule has 0 spiro atoms. The summed E-state index contributed by atoms with van der Waals surface area (Å²) < 4.78 is 33.7. The summed E-state index contributed by atoms with van der Waals surface area (Å²) in [4.78, 5) is 28.9. The maximum Gasteiger partial charge on any atom is 0.417 e. The fourth-order valence-corrected chi connectivity index (χ4v) is 4.67. The SMILES string of the molecule is CCCCc1cccc(C2c3c(-c4cccc5[nH]c(=O)oc45)n[nH]c3C(=O)N2CC(C)(F)F)c1. The summed E-state index contributed by atoms with van der Waals surface area (Å²) in [5.74, 6) is -4.24. The van der Waals surface area contributed by atoms with Crippen LogP contribution in [-0.2, 0) is 6.42 Å². The molecule has 2 N–H and O–H groups in total. The molecule has 4 aromatic rings. The molecule has 0 saturated heterocycles. The monoisotopic (exact) mass is 466 g/mol. The molecular weight excluding hydrogens is 442 g/mol. The van der Waals surface area contributed by atoms with Crippen molar-refractivity contribution in [3.05, 3.63) is 75.4 Å². The molecule has 1 unspecified atom stereocenters. The highest BCUT2D eigenvalue weighted by atomic mass is 19.3. The topological polar surface area (TPSA) is 95.0 Å². The fourth-order valence-electron chi connectivity index (χ4n) is 4.67. The van der Waals surface area contributed by atoms with Crippen LogP contribution in [0.1, 0.15) is 59.9 Å². The summed E-state index contributed by atoms with van der Waals surface area (Å²) in [7, 11) is 0. The number of amides is 1. The first-order valence-electron chi connectivity index (χ1n) is 11.2. The van der Waals surface area contributed by atoms with Crippen LogP contribution in [0.4, 0.5) is 8.78 Å². The molecule has 1 amide bonds. The molecule has 0 saturated carbocycles. The number of carbonyl (C=O) groups is 1. The smallest absolute Gasteiger partial charge is 0.407 e. The lowest BCUT2D eigenvalue weighted by atomic mass is 9.93. The van der Waals surface area contributed by atoms with Crippen molar-refractivity contribution in [3.63, 3.8) is 0 Å². The predicted molar refractivity (Wildman–Crippen MR) is 123 cm³/mol. The van der Waals surface area contributed by atoms with Gasteiger partial charge in [-0.15, -0.1) is 0 Å². The Hall–Kier alpha value is -3.75. The van der Waals surface area contributed by atoms with E-state index in [2.05, 4.69) is 22.1 Å². The van der Waals surface area contributed by atoms with Crippen molar-refractivity contribution in [2.45, 2.75) is 45.1 Å². The zero-order chi connectivity index (χ0) is 24.0. The van der Waals surface area contributed by atoms with E-state index in [1.807, 2.05) is 24.3 Å². The average molecular weight is 466 g/mol. The number of aryl methyl sites for hydroxylation is 1. The standard InChI is InChI=1S/C25H24F2N4O3/c1-3-4-7-14-8-5-9-15(12-14)21-18-19(16-10-6-11-17-22(16)34-24(33)28-17)29-30-20(18)23(32)31(21)13-25(2,26)27/h5-6,8-12,21H,3-4,7,13H2,1-2H3,(H,28,33)(H,29,30). The Morgan fingerprint density at radius 1 is 1.18 bits per heavy atom. The summed E-state index contributed by atoms with van der Waals surface area (Å²) in [6.45, 7) is 2.17. The second kappa shape index (κ2) is 8.23. The Bertz CT molecular complexity index is 1430. The molecule has 1 aliphatic rings. The molecule has 34 heavy (non-hydrogen) atoms. The van der Waals surface area contributed by atoms with Crippen molar-refractivity contribution in [1.29, 1.82) is 0 Å².